The van der Waals surface area contributed by atoms with Crippen LogP contribution in [0.3, 0.4) is 0 Å². The van der Waals surface area contributed by atoms with Crippen molar-refractivity contribution >= 4 is 11.3 Å². The Hall–Kier alpha value is -0.410. The van der Waals surface area contributed by atoms with E-state index < -0.39 is 0 Å². The zero-order valence-corrected chi connectivity index (χ0v) is 14.8. The van der Waals surface area contributed by atoms with Gasteiger partial charge in [0.1, 0.15) is 0 Å². The number of hydrogen-bond acceptors (Lipinski definition) is 3. The fourth-order valence-corrected chi connectivity index (χ4v) is 3.96. The molecule has 1 aliphatic carbocycles. The average molecular weight is 295 g/mol. The molecule has 1 aliphatic rings. The number of nitrogens with zero attached hydrogens (tertiary/aromatic N) is 1. The van der Waals surface area contributed by atoms with Crippen molar-refractivity contribution in [2.75, 3.05) is 0 Å². The van der Waals surface area contributed by atoms with Gasteiger partial charge >= 0.3 is 0 Å². The van der Waals surface area contributed by atoms with Crippen LogP contribution in [0.5, 0.6) is 0 Å². The van der Waals surface area contributed by atoms with Crippen LogP contribution >= 0.6 is 11.3 Å². The maximum atomic E-state index is 4.86. The Morgan fingerprint density at radius 3 is 2.40 bits per heavy atom. The van der Waals surface area contributed by atoms with Crippen molar-refractivity contribution in [3.63, 3.8) is 0 Å². The monoisotopic (exact) mass is 294 g/mol. The van der Waals surface area contributed by atoms with E-state index in [9.17, 15) is 0 Å². The van der Waals surface area contributed by atoms with Crippen LogP contribution in [-0.2, 0) is 6.54 Å². The van der Waals surface area contributed by atoms with Crippen LogP contribution in [0, 0.1) is 12.3 Å². The Kier molecular flexibility index (Phi) is 4.60. The Labute approximate surface area is 128 Å². The zero-order chi connectivity index (χ0) is 15.0. The molecule has 1 aromatic heterocycles. The molecule has 1 heterocycles. The molecule has 2 rings (SSSR count). The van der Waals surface area contributed by atoms with Crippen LogP contribution in [0.25, 0.3) is 0 Å². The molecule has 0 aromatic carbocycles. The smallest absolute Gasteiger partial charge is 0.0962 e. The van der Waals surface area contributed by atoms with Gasteiger partial charge in [0, 0.05) is 22.9 Å². The van der Waals surface area contributed by atoms with Crippen LogP contribution in [0.2, 0.25) is 0 Å². The van der Waals surface area contributed by atoms with Gasteiger partial charge in [0.15, 0.2) is 0 Å². The largest absolute Gasteiger partial charge is 0.307 e. The first-order valence-electron chi connectivity index (χ1n) is 7.87. The fraction of sp³-hybridized carbons (Fsp3) is 0.824. The molecule has 2 nitrogen and oxygen atoms in total. The SMILES string of the molecule is Cc1nc(C2CCC(C)(C)CC2)sc1CNC(C)(C)C. The standard InChI is InChI=1S/C17H30N2S/c1-12-14(11-18-16(2,3)4)20-15(19-12)13-7-9-17(5,6)10-8-13/h13,18H,7-11H2,1-6H3. The molecule has 0 atom stereocenters. The van der Waals surface area contributed by atoms with E-state index in [0.717, 1.165) is 6.54 Å². The van der Waals surface area contributed by atoms with E-state index in [-0.39, 0.29) is 5.54 Å². The highest BCUT2D eigenvalue weighted by Crippen LogP contribution is 2.43. The van der Waals surface area contributed by atoms with E-state index in [1.165, 1.54) is 41.3 Å². The van der Waals surface area contributed by atoms with Gasteiger partial charge in [0.2, 0.25) is 0 Å². The second-order valence-corrected chi connectivity index (χ2v) is 9.22. The summed E-state index contributed by atoms with van der Waals surface area (Å²) in [5.74, 6) is 0.704. The summed E-state index contributed by atoms with van der Waals surface area (Å²) in [5, 5.41) is 4.96. The predicted octanol–water partition coefficient (Wildman–Crippen LogP) is 5.02. The van der Waals surface area contributed by atoms with Gasteiger partial charge in [-0.3, -0.25) is 0 Å². The number of rotatable bonds is 3. The molecule has 0 unspecified atom stereocenters. The van der Waals surface area contributed by atoms with Gasteiger partial charge in [-0.15, -0.1) is 11.3 Å². The highest BCUT2D eigenvalue weighted by Gasteiger charge is 2.29. The lowest BCUT2D eigenvalue weighted by Gasteiger charge is -2.33. The van der Waals surface area contributed by atoms with Crippen LogP contribution in [0.4, 0.5) is 0 Å². The van der Waals surface area contributed by atoms with Gasteiger partial charge in [-0.1, -0.05) is 13.8 Å². The number of aromatic nitrogens is 1. The highest BCUT2D eigenvalue weighted by atomic mass is 32.1. The second-order valence-electron chi connectivity index (χ2n) is 8.10. The van der Waals surface area contributed by atoms with E-state index in [4.69, 9.17) is 4.98 Å². The molecule has 1 fully saturated rings. The molecule has 0 saturated heterocycles. The van der Waals surface area contributed by atoms with Crippen molar-refractivity contribution in [2.24, 2.45) is 5.41 Å². The normalized spacial score (nSPS) is 20.3. The Morgan fingerprint density at radius 2 is 1.85 bits per heavy atom. The quantitative estimate of drug-likeness (QED) is 0.846. The van der Waals surface area contributed by atoms with Crippen molar-refractivity contribution in [2.45, 2.75) is 85.2 Å². The first-order chi connectivity index (χ1) is 9.16. The molecule has 0 spiro atoms. The van der Waals surface area contributed by atoms with Crippen molar-refractivity contribution in [1.82, 2.24) is 10.3 Å². The van der Waals surface area contributed by atoms with Gasteiger partial charge < -0.3 is 5.32 Å². The van der Waals surface area contributed by atoms with Crippen molar-refractivity contribution in [3.05, 3.63) is 15.6 Å². The minimum Gasteiger partial charge on any atom is -0.307 e. The summed E-state index contributed by atoms with van der Waals surface area (Å²) < 4.78 is 0. The number of aryl methyl sites for hydroxylation is 1. The molecule has 0 aliphatic heterocycles. The summed E-state index contributed by atoms with van der Waals surface area (Å²) in [4.78, 5) is 6.28. The highest BCUT2D eigenvalue weighted by molar-refractivity contribution is 7.11. The Bertz CT molecular complexity index is 444. The van der Waals surface area contributed by atoms with Crippen LogP contribution < -0.4 is 5.32 Å². The topological polar surface area (TPSA) is 24.9 Å². The summed E-state index contributed by atoms with van der Waals surface area (Å²) >= 11 is 1.93. The summed E-state index contributed by atoms with van der Waals surface area (Å²) in [6.07, 6.45) is 5.30. The van der Waals surface area contributed by atoms with E-state index >= 15 is 0 Å². The molecule has 1 saturated carbocycles. The number of hydrogen-bond donors (Lipinski definition) is 1. The first-order valence-corrected chi connectivity index (χ1v) is 8.69. The Balaban J connectivity index is 2.00. The number of nitrogens with one attached hydrogen (secondary N) is 1. The second kappa shape index (κ2) is 5.76. The fourth-order valence-electron chi connectivity index (χ4n) is 2.78. The molecule has 0 amide bonds. The lowest BCUT2D eigenvalue weighted by atomic mass is 9.73. The van der Waals surface area contributed by atoms with Gasteiger partial charge in [-0.2, -0.15) is 0 Å². The molecule has 20 heavy (non-hydrogen) atoms. The Morgan fingerprint density at radius 1 is 1.25 bits per heavy atom. The third-order valence-electron chi connectivity index (χ3n) is 4.38. The van der Waals surface area contributed by atoms with Crippen LogP contribution in [0.15, 0.2) is 0 Å². The molecule has 0 bridgehead atoms. The van der Waals surface area contributed by atoms with E-state index in [0.29, 0.717) is 11.3 Å². The van der Waals surface area contributed by atoms with Crippen LogP contribution in [0.1, 0.15) is 81.8 Å². The molecular formula is C17H30N2S. The lowest BCUT2D eigenvalue weighted by molar-refractivity contribution is 0.224. The summed E-state index contributed by atoms with van der Waals surface area (Å²) in [6, 6.07) is 0. The lowest BCUT2D eigenvalue weighted by Crippen LogP contribution is -2.34. The average Bonchev–Trinajstić information content (AvgIpc) is 2.67. The molecule has 1 N–H and O–H groups in total. The van der Waals surface area contributed by atoms with Gasteiger partial charge in [-0.25, -0.2) is 4.98 Å². The van der Waals surface area contributed by atoms with Gasteiger partial charge in [-0.05, 0) is 58.8 Å². The summed E-state index contributed by atoms with van der Waals surface area (Å²) in [5.41, 5.74) is 1.94. The van der Waals surface area contributed by atoms with E-state index in [2.05, 4.69) is 46.9 Å². The third-order valence-corrected chi connectivity index (χ3v) is 5.70. The van der Waals surface area contributed by atoms with Gasteiger partial charge in [0.05, 0.1) is 10.7 Å². The minimum atomic E-state index is 0.172. The third kappa shape index (κ3) is 4.29. The van der Waals surface area contributed by atoms with Crippen molar-refractivity contribution in [1.29, 1.82) is 0 Å². The van der Waals surface area contributed by atoms with Crippen LogP contribution in [-0.4, -0.2) is 10.5 Å². The minimum absolute atomic E-state index is 0.172. The first kappa shape index (κ1) is 16.0. The molecule has 3 heteroatoms. The van der Waals surface area contributed by atoms with Gasteiger partial charge in [0.25, 0.3) is 0 Å². The van der Waals surface area contributed by atoms with E-state index in [1.807, 2.05) is 11.3 Å². The number of thiazole rings is 1. The zero-order valence-electron chi connectivity index (χ0n) is 14.0. The molecule has 1 aromatic rings. The summed E-state index contributed by atoms with van der Waals surface area (Å²) in [6.45, 7) is 14.6. The van der Waals surface area contributed by atoms with E-state index in [1.54, 1.807) is 0 Å². The molecular weight excluding hydrogens is 264 g/mol. The predicted molar refractivity (Wildman–Crippen MR) is 88.4 cm³/mol. The molecule has 114 valence electrons. The molecule has 0 radical (unpaired) electrons. The van der Waals surface area contributed by atoms with Crippen molar-refractivity contribution < 1.29 is 0 Å². The van der Waals surface area contributed by atoms with Crippen molar-refractivity contribution in [3.8, 4) is 0 Å². The maximum absolute atomic E-state index is 4.86. The summed E-state index contributed by atoms with van der Waals surface area (Å²) in [7, 11) is 0. The maximum Gasteiger partial charge on any atom is 0.0962 e.